The molecule has 2 rings (SSSR count). The molecule has 0 aliphatic carbocycles. The molecule has 1 aromatic carbocycles. The Morgan fingerprint density at radius 3 is 2.65 bits per heavy atom. The molecule has 0 bridgehead atoms. The lowest BCUT2D eigenvalue weighted by molar-refractivity contribution is 0.0828. The fraction of sp³-hybridized carbons (Fsp3) is 0.533. The highest BCUT2D eigenvalue weighted by Crippen LogP contribution is 2.26. The quantitative estimate of drug-likeness (QED) is 0.822. The van der Waals surface area contributed by atoms with Crippen molar-refractivity contribution >= 4 is 17.3 Å². The van der Waals surface area contributed by atoms with Crippen LogP contribution in [0.5, 0.6) is 0 Å². The van der Waals surface area contributed by atoms with Crippen LogP contribution >= 0.6 is 0 Å². The predicted molar refractivity (Wildman–Crippen MR) is 83.2 cm³/mol. The summed E-state index contributed by atoms with van der Waals surface area (Å²) in [6, 6.07) is 6.00. The van der Waals surface area contributed by atoms with Gasteiger partial charge in [-0.2, -0.15) is 0 Å². The summed E-state index contributed by atoms with van der Waals surface area (Å²) in [4.78, 5) is 18.5. The van der Waals surface area contributed by atoms with Gasteiger partial charge in [0.25, 0.3) is 5.91 Å². The fourth-order valence-electron chi connectivity index (χ4n) is 2.50. The molecule has 1 saturated heterocycles. The van der Waals surface area contributed by atoms with Crippen molar-refractivity contribution in [2.75, 3.05) is 51.4 Å². The van der Waals surface area contributed by atoms with Gasteiger partial charge in [-0.3, -0.25) is 4.79 Å². The summed E-state index contributed by atoms with van der Waals surface area (Å²) >= 11 is 0. The predicted octanol–water partition coefficient (Wildman–Crippen LogP) is 1.11. The number of anilines is 2. The number of carbonyl (C=O) groups is 1. The molecule has 0 saturated carbocycles. The Labute approximate surface area is 120 Å². The van der Waals surface area contributed by atoms with Crippen LogP contribution in [0.15, 0.2) is 18.2 Å². The first-order chi connectivity index (χ1) is 9.40. The highest BCUT2D eigenvalue weighted by Gasteiger charge is 2.24. The number of nitrogens with zero attached hydrogens (tertiary/aromatic N) is 3. The van der Waals surface area contributed by atoms with Crippen LogP contribution in [0.3, 0.4) is 0 Å². The highest BCUT2D eigenvalue weighted by molar-refractivity contribution is 6.00. The standard InChI is InChI=1S/C15H24N4O/c1-11-10-19(8-7-18(11)4)14-9-12(16)5-6-13(14)15(20)17(2)3/h5-6,9,11H,7-8,10,16H2,1-4H3. The molecule has 20 heavy (non-hydrogen) atoms. The molecule has 0 spiro atoms. The van der Waals surface area contributed by atoms with E-state index in [1.54, 1.807) is 25.1 Å². The third kappa shape index (κ3) is 2.88. The van der Waals surface area contributed by atoms with Crippen LogP contribution in [0.1, 0.15) is 17.3 Å². The summed E-state index contributed by atoms with van der Waals surface area (Å²) in [5.74, 6) is 0.0200. The van der Waals surface area contributed by atoms with Crippen molar-refractivity contribution < 1.29 is 4.79 Å². The smallest absolute Gasteiger partial charge is 0.255 e. The Hall–Kier alpha value is -1.75. The summed E-state index contributed by atoms with van der Waals surface area (Å²) in [5, 5.41) is 0. The van der Waals surface area contributed by atoms with Gasteiger partial charge in [-0.15, -0.1) is 0 Å². The molecule has 0 radical (unpaired) electrons. The van der Waals surface area contributed by atoms with E-state index in [-0.39, 0.29) is 5.91 Å². The van der Waals surface area contributed by atoms with Crippen LogP contribution in [0.2, 0.25) is 0 Å². The van der Waals surface area contributed by atoms with E-state index < -0.39 is 0 Å². The van der Waals surface area contributed by atoms with Crippen LogP contribution in [0, 0.1) is 0 Å². The molecule has 110 valence electrons. The number of amides is 1. The van der Waals surface area contributed by atoms with E-state index in [9.17, 15) is 4.79 Å². The summed E-state index contributed by atoms with van der Waals surface area (Å²) in [6.07, 6.45) is 0. The van der Waals surface area contributed by atoms with E-state index >= 15 is 0 Å². The molecule has 1 aliphatic heterocycles. The molecule has 1 aliphatic rings. The van der Waals surface area contributed by atoms with Gasteiger partial charge in [-0.25, -0.2) is 0 Å². The fourth-order valence-corrected chi connectivity index (χ4v) is 2.50. The maximum Gasteiger partial charge on any atom is 0.255 e. The van der Waals surface area contributed by atoms with Gasteiger partial charge in [0.15, 0.2) is 0 Å². The molecule has 1 aromatic rings. The number of hydrogen-bond acceptors (Lipinski definition) is 4. The average molecular weight is 276 g/mol. The summed E-state index contributed by atoms with van der Waals surface area (Å²) < 4.78 is 0. The van der Waals surface area contributed by atoms with Gasteiger partial charge in [0, 0.05) is 45.5 Å². The number of likely N-dealkylation sites (N-methyl/N-ethyl adjacent to an activating group) is 1. The Bertz CT molecular complexity index is 501. The molecular weight excluding hydrogens is 252 g/mol. The van der Waals surface area contributed by atoms with Crippen LogP contribution in [-0.4, -0.2) is 62.5 Å². The molecule has 2 N–H and O–H groups in total. The van der Waals surface area contributed by atoms with Gasteiger partial charge < -0.3 is 20.4 Å². The van der Waals surface area contributed by atoms with Crippen LogP contribution in [0.25, 0.3) is 0 Å². The van der Waals surface area contributed by atoms with Crippen LogP contribution in [0.4, 0.5) is 11.4 Å². The van der Waals surface area contributed by atoms with Gasteiger partial charge in [-0.05, 0) is 32.2 Å². The second-order valence-corrected chi connectivity index (χ2v) is 5.75. The number of carbonyl (C=O) groups excluding carboxylic acids is 1. The first-order valence-corrected chi connectivity index (χ1v) is 6.96. The minimum atomic E-state index is 0.0200. The molecule has 5 heteroatoms. The monoisotopic (exact) mass is 276 g/mol. The maximum absolute atomic E-state index is 12.3. The highest BCUT2D eigenvalue weighted by atomic mass is 16.2. The van der Waals surface area contributed by atoms with Gasteiger partial charge >= 0.3 is 0 Å². The summed E-state index contributed by atoms with van der Waals surface area (Å²) in [5.41, 5.74) is 8.28. The van der Waals surface area contributed by atoms with E-state index in [0.29, 0.717) is 11.7 Å². The summed E-state index contributed by atoms with van der Waals surface area (Å²) in [6.45, 7) is 5.02. The van der Waals surface area contributed by atoms with Gasteiger partial charge in [-0.1, -0.05) is 0 Å². The zero-order valence-corrected chi connectivity index (χ0v) is 12.8. The van der Waals surface area contributed by atoms with Crippen molar-refractivity contribution in [3.8, 4) is 0 Å². The van der Waals surface area contributed by atoms with Crippen molar-refractivity contribution in [2.45, 2.75) is 13.0 Å². The lowest BCUT2D eigenvalue weighted by atomic mass is 10.1. The van der Waals surface area contributed by atoms with Crippen LogP contribution < -0.4 is 10.6 Å². The molecule has 1 atom stereocenters. The number of nitrogens with two attached hydrogens (primary N) is 1. The first-order valence-electron chi connectivity index (χ1n) is 6.96. The molecule has 1 unspecified atom stereocenters. The second-order valence-electron chi connectivity index (χ2n) is 5.75. The molecule has 1 fully saturated rings. The molecular formula is C15H24N4O. The van der Waals surface area contributed by atoms with Crippen molar-refractivity contribution in [1.29, 1.82) is 0 Å². The van der Waals surface area contributed by atoms with Gasteiger partial charge in [0.2, 0.25) is 0 Å². The Kier molecular flexibility index (Phi) is 4.18. The van der Waals surface area contributed by atoms with Crippen molar-refractivity contribution in [3.05, 3.63) is 23.8 Å². The van der Waals surface area contributed by atoms with Crippen molar-refractivity contribution in [1.82, 2.24) is 9.80 Å². The maximum atomic E-state index is 12.3. The SMILES string of the molecule is CC1CN(c2cc(N)ccc2C(=O)N(C)C)CCN1C. The van der Waals surface area contributed by atoms with E-state index in [4.69, 9.17) is 5.73 Å². The number of piperazine rings is 1. The van der Waals surface area contributed by atoms with Crippen LogP contribution in [-0.2, 0) is 0 Å². The van der Waals surface area contributed by atoms with Gasteiger partial charge in [0.05, 0.1) is 11.3 Å². The zero-order chi connectivity index (χ0) is 14.9. The molecule has 5 nitrogen and oxygen atoms in total. The van der Waals surface area contributed by atoms with Crippen molar-refractivity contribution in [3.63, 3.8) is 0 Å². The lowest BCUT2D eigenvalue weighted by Gasteiger charge is -2.39. The first kappa shape index (κ1) is 14.7. The Morgan fingerprint density at radius 1 is 1.35 bits per heavy atom. The Morgan fingerprint density at radius 2 is 2.05 bits per heavy atom. The largest absolute Gasteiger partial charge is 0.399 e. The number of benzene rings is 1. The van der Waals surface area contributed by atoms with E-state index in [1.165, 1.54) is 0 Å². The third-order valence-electron chi connectivity index (χ3n) is 3.96. The molecule has 1 amide bonds. The topological polar surface area (TPSA) is 52.8 Å². The van der Waals surface area contributed by atoms with E-state index in [2.05, 4.69) is 23.8 Å². The normalized spacial score (nSPS) is 20.0. The molecule has 0 aromatic heterocycles. The van der Waals surface area contributed by atoms with E-state index in [1.807, 2.05) is 12.1 Å². The average Bonchev–Trinajstić information content (AvgIpc) is 2.41. The van der Waals surface area contributed by atoms with Gasteiger partial charge in [0.1, 0.15) is 0 Å². The minimum absolute atomic E-state index is 0.0200. The number of hydrogen-bond donors (Lipinski definition) is 1. The minimum Gasteiger partial charge on any atom is -0.399 e. The third-order valence-corrected chi connectivity index (χ3v) is 3.96. The molecule has 1 heterocycles. The van der Waals surface area contributed by atoms with E-state index in [0.717, 1.165) is 30.9 Å². The number of nitrogen functional groups attached to an aromatic ring is 1. The lowest BCUT2D eigenvalue weighted by Crippen LogP contribution is -2.50. The number of rotatable bonds is 2. The summed E-state index contributed by atoms with van der Waals surface area (Å²) in [7, 11) is 5.68. The van der Waals surface area contributed by atoms with Crippen molar-refractivity contribution in [2.24, 2.45) is 0 Å². The second kappa shape index (κ2) is 5.71. The Balaban J connectivity index is 2.35. The zero-order valence-electron chi connectivity index (χ0n) is 12.8.